The van der Waals surface area contributed by atoms with Crippen LogP contribution in [0.25, 0.3) is 0 Å². The Hall–Kier alpha value is -0.890. The van der Waals surface area contributed by atoms with E-state index in [0.717, 1.165) is 43.4 Å². The molecule has 0 radical (unpaired) electrons. The number of Topliss-reactive ketones (excluding diaryl/α,β-unsaturated/α-hetero) is 1. The van der Waals surface area contributed by atoms with Crippen molar-refractivity contribution >= 4 is 5.78 Å². The molecule has 0 aliphatic heterocycles. The molecule has 0 spiro atoms. The molecular weight excluding hydrogens is 380 g/mol. The number of aliphatic hydroxyl groups is 1. The zero-order valence-electron chi connectivity index (χ0n) is 21.1. The molecule has 3 fully saturated rings. The summed E-state index contributed by atoms with van der Waals surface area (Å²) in [5, 5.41) is 11.0. The van der Waals surface area contributed by atoms with Crippen LogP contribution in [0.15, 0.2) is 23.3 Å². The zero-order chi connectivity index (χ0) is 22.8. The highest BCUT2D eigenvalue weighted by atomic mass is 16.3. The summed E-state index contributed by atoms with van der Waals surface area (Å²) in [5.41, 5.74) is 3.04. The quantitative estimate of drug-likeness (QED) is 0.486. The van der Waals surface area contributed by atoms with Crippen molar-refractivity contribution in [3.63, 3.8) is 0 Å². The van der Waals surface area contributed by atoms with E-state index in [4.69, 9.17) is 0 Å². The molecule has 0 bridgehead atoms. The predicted molar refractivity (Wildman–Crippen MR) is 129 cm³/mol. The molecule has 0 unspecified atom stereocenters. The Bertz CT molecular complexity index is 785. The molecule has 2 nitrogen and oxygen atoms in total. The second kappa shape index (κ2) is 7.86. The molecule has 1 N–H and O–H groups in total. The van der Waals surface area contributed by atoms with Crippen molar-refractivity contribution in [2.24, 2.45) is 45.8 Å². The molecule has 0 heterocycles. The van der Waals surface area contributed by atoms with Crippen LogP contribution in [0.2, 0.25) is 0 Å². The van der Waals surface area contributed by atoms with E-state index in [1.165, 1.54) is 36.8 Å². The van der Waals surface area contributed by atoms with Gasteiger partial charge >= 0.3 is 0 Å². The van der Waals surface area contributed by atoms with Gasteiger partial charge in [-0.05, 0) is 113 Å². The minimum absolute atomic E-state index is 0.203. The molecule has 2 heteroatoms. The van der Waals surface area contributed by atoms with Gasteiger partial charge in [0.25, 0.3) is 0 Å². The SMILES string of the molecule is CC(C)=CC[C@H](O)[C@@H](C)[C@H]1CC[C@H]2[C@@H]3CC=C4C(C)(C)C(=O)CC[C@]4(C)[C@H]3CC[C@]12C. The lowest BCUT2D eigenvalue weighted by Gasteiger charge is -2.60. The Labute approximate surface area is 191 Å². The van der Waals surface area contributed by atoms with Crippen LogP contribution < -0.4 is 0 Å². The minimum Gasteiger partial charge on any atom is -0.393 e. The first-order valence-electron chi connectivity index (χ1n) is 13.0. The predicted octanol–water partition coefficient (Wildman–Crippen LogP) is 7.12. The number of aliphatic hydroxyl groups excluding tert-OH is 1. The number of ketones is 1. The zero-order valence-corrected chi connectivity index (χ0v) is 21.1. The maximum absolute atomic E-state index is 12.7. The molecule has 0 aromatic carbocycles. The van der Waals surface area contributed by atoms with Crippen LogP contribution in [0.5, 0.6) is 0 Å². The standard InChI is InChI=1S/C29H46O2/c1-18(2)8-12-24(30)19(3)21-10-11-22-20-9-13-25-27(4,5)26(31)15-17-29(25,7)23(20)14-16-28(21,22)6/h8,13,19-24,30H,9-12,14-17H2,1-7H3/t19-,20-,21+,22-,23-,24-,28+,29+/m0/s1. The summed E-state index contributed by atoms with van der Waals surface area (Å²) in [6, 6.07) is 0. The van der Waals surface area contributed by atoms with Gasteiger partial charge < -0.3 is 5.11 Å². The van der Waals surface area contributed by atoms with E-state index in [1.807, 2.05) is 0 Å². The third-order valence-corrected chi connectivity index (χ3v) is 10.8. The summed E-state index contributed by atoms with van der Waals surface area (Å²) in [5.74, 6) is 3.67. The monoisotopic (exact) mass is 426 g/mol. The molecule has 174 valence electrons. The average Bonchev–Trinajstić information content (AvgIpc) is 3.06. The maximum Gasteiger partial charge on any atom is 0.142 e. The van der Waals surface area contributed by atoms with Gasteiger partial charge in [-0.1, -0.05) is 44.1 Å². The number of carbonyl (C=O) groups is 1. The molecule has 0 aromatic heterocycles. The summed E-state index contributed by atoms with van der Waals surface area (Å²) in [7, 11) is 0. The highest BCUT2D eigenvalue weighted by molar-refractivity contribution is 5.89. The number of carbonyl (C=O) groups excluding carboxylic acids is 1. The van der Waals surface area contributed by atoms with Crippen LogP contribution in [0, 0.1) is 45.8 Å². The molecule has 4 aliphatic rings. The third kappa shape index (κ3) is 3.51. The van der Waals surface area contributed by atoms with Crippen molar-refractivity contribution in [1.29, 1.82) is 0 Å². The molecule has 31 heavy (non-hydrogen) atoms. The molecule has 0 aromatic rings. The summed E-state index contributed by atoms with van der Waals surface area (Å²) in [6.07, 6.45) is 13.4. The lowest BCUT2D eigenvalue weighted by Crippen LogP contribution is -2.54. The van der Waals surface area contributed by atoms with Gasteiger partial charge in [0.2, 0.25) is 0 Å². The highest BCUT2D eigenvalue weighted by Gasteiger charge is 2.61. The number of hydrogen-bond acceptors (Lipinski definition) is 2. The topological polar surface area (TPSA) is 37.3 Å². The fourth-order valence-corrected chi connectivity index (χ4v) is 8.96. The smallest absolute Gasteiger partial charge is 0.142 e. The second-order valence-corrected chi connectivity index (χ2v) is 12.9. The van der Waals surface area contributed by atoms with E-state index in [2.05, 4.69) is 60.6 Å². The van der Waals surface area contributed by atoms with Crippen molar-refractivity contribution in [2.75, 3.05) is 0 Å². The fourth-order valence-electron chi connectivity index (χ4n) is 8.96. The van der Waals surface area contributed by atoms with Gasteiger partial charge in [0.05, 0.1) is 6.10 Å². The summed E-state index contributed by atoms with van der Waals surface area (Å²) < 4.78 is 0. The molecule has 8 atom stereocenters. The van der Waals surface area contributed by atoms with Crippen molar-refractivity contribution in [2.45, 2.75) is 106 Å². The van der Waals surface area contributed by atoms with Crippen LogP contribution in [0.4, 0.5) is 0 Å². The van der Waals surface area contributed by atoms with Gasteiger partial charge in [-0.3, -0.25) is 4.79 Å². The highest BCUT2D eigenvalue weighted by Crippen LogP contribution is 2.68. The van der Waals surface area contributed by atoms with E-state index < -0.39 is 0 Å². The molecule has 0 amide bonds. The maximum atomic E-state index is 12.7. The van der Waals surface area contributed by atoms with Gasteiger partial charge in [-0.15, -0.1) is 0 Å². The molecule has 4 rings (SSSR count). The lowest BCUT2D eigenvalue weighted by molar-refractivity contribution is -0.132. The van der Waals surface area contributed by atoms with E-state index in [0.29, 0.717) is 23.0 Å². The Kier molecular flexibility index (Phi) is 5.90. The Morgan fingerprint density at radius 2 is 1.84 bits per heavy atom. The van der Waals surface area contributed by atoms with E-state index in [-0.39, 0.29) is 16.9 Å². The van der Waals surface area contributed by atoms with E-state index in [9.17, 15) is 9.90 Å². The first-order chi connectivity index (χ1) is 14.4. The fraction of sp³-hybridized carbons (Fsp3) is 0.828. The normalized spacial score (nSPS) is 43.2. The summed E-state index contributed by atoms with van der Waals surface area (Å²) in [4.78, 5) is 12.7. The number of fused-ring (bicyclic) bond motifs is 5. The Morgan fingerprint density at radius 3 is 2.52 bits per heavy atom. The number of allylic oxidation sites excluding steroid dienone is 3. The molecule has 4 aliphatic carbocycles. The van der Waals surface area contributed by atoms with Crippen molar-refractivity contribution < 1.29 is 9.90 Å². The van der Waals surface area contributed by atoms with Crippen molar-refractivity contribution in [3.05, 3.63) is 23.3 Å². The Morgan fingerprint density at radius 1 is 1.13 bits per heavy atom. The molecule has 0 saturated heterocycles. The lowest BCUT2D eigenvalue weighted by atomic mass is 9.44. The van der Waals surface area contributed by atoms with Crippen LogP contribution in [0.1, 0.15) is 99.8 Å². The van der Waals surface area contributed by atoms with Crippen molar-refractivity contribution in [3.8, 4) is 0 Å². The molecule has 3 saturated carbocycles. The van der Waals surface area contributed by atoms with E-state index in [1.54, 1.807) is 0 Å². The second-order valence-electron chi connectivity index (χ2n) is 12.9. The van der Waals surface area contributed by atoms with Gasteiger partial charge in [-0.2, -0.15) is 0 Å². The number of rotatable bonds is 4. The van der Waals surface area contributed by atoms with Crippen LogP contribution in [-0.4, -0.2) is 17.0 Å². The molecular formula is C29H46O2. The minimum atomic E-state index is -0.277. The van der Waals surface area contributed by atoms with Gasteiger partial charge in [0.1, 0.15) is 5.78 Å². The van der Waals surface area contributed by atoms with E-state index >= 15 is 0 Å². The average molecular weight is 427 g/mol. The van der Waals surface area contributed by atoms with Gasteiger partial charge in [-0.25, -0.2) is 0 Å². The van der Waals surface area contributed by atoms with Gasteiger partial charge in [0, 0.05) is 11.8 Å². The van der Waals surface area contributed by atoms with Crippen LogP contribution in [-0.2, 0) is 4.79 Å². The third-order valence-electron chi connectivity index (χ3n) is 10.8. The first kappa shape index (κ1) is 23.3. The Balaban J connectivity index is 1.58. The summed E-state index contributed by atoms with van der Waals surface area (Å²) >= 11 is 0. The van der Waals surface area contributed by atoms with Crippen LogP contribution in [0.3, 0.4) is 0 Å². The van der Waals surface area contributed by atoms with Crippen molar-refractivity contribution in [1.82, 2.24) is 0 Å². The summed E-state index contributed by atoms with van der Waals surface area (Å²) in [6.45, 7) is 16.0. The van der Waals surface area contributed by atoms with Gasteiger partial charge in [0.15, 0.2) is 0 Å². The largest absolute Gasteiger partial charge is 0.393 e. The van der Waals surface area contributed by atoms with Crippen LogP contribution >= 0.6 is 0 Å². The first-order valence-corrected chi connectivity index (χ1v) is 13.0. The number of hydrogen-bond donors (Lipinski definition) is 1.